The van der Waals surface area contributed by atoms with Crippen LogP contribution in [0.1, 0.15) is 0 Å². The molecule has 1 N–H and O–H groups in total. The van der Waals surface area contributed by atoms with E-state index in [0.717, 1.165) is 10.7 Å². The Balaban J connectivity index is 2.73. The van der Waals surface area contributed by atoms with Crippen LogP contribution >= 0.6 is 11.6 Å². The van der Waals surface area contributed by atoms with E-state index in [4.69, 9.17) is 16.7 Å². The summed E-state index contributed by atoms with van der Waals surface area (Å²) in [7, 11) is 1.92. The Kier molecular flexibility index (Phi) is 3.38. The summed E-state index contributed by atoms with van der Waals surface area (Å²) in [5.41, 5.74) is 1.02. The van der Waals surface area contributed by atoms with Gasteiger partial charge in [-0.1, -0.05) is 17.7 Å². The van der Waals surface area contributed by atoms with Gasteiger partial charge in [-0.25, -0.2) is 0 Å². The summed E-state index contributed by atoms with van der Waals surface area (Å²) in [5.74, 6) is 0. The number of hydrogen-bond donors (Lipinski definition) is 1. The molecule has 0 unspecified atom stereocenters. The number of nitrogens with zero attached hydrogens (tertiary/aromatic N) is 1. The van der Waals surface area contributed by atoms with Crippen LogP contribution < -0.4 is 4.90 Å². The summed E-state index contributed by atoms with van der Waals surface area (Å²) in [6.07, 6.45) is 0. The van der Waals surface area contributed by atoms with Crippen LogP contribution in [0.15, 0.2) is 24.3 Å². The highest BCUT2D eigenvalue weighted by Gasteiger charge is 1.98. The van der Waals surface area contributed by atoms with E-state index in [2.05, 4.69) is 0 Å². The Morgan fingerprint density at radius 2 is 2.25 bits per heavy atom. The second kappa shape index (κ2) is 4.33. The minimum atomic E-state index is 0.156. The molecule has 0 bridgehead atoms. The number of likely N-dealkylation sites (N-methyl/N-ethyl adjacent to an activating group) is 1. The first-order valence-electron chi connectivity index (χ1n) is 3.81. The van der Waals surface area contributed by atoms with Crippen molar-refractivity contribution in [3.63, 3.8) is 0 Å². The molecular formula is C9H12ClNO. The standard InChI is InChI=1S/C9H12ClNO/c1-11(5-6-12)9-4-2-3-8(10)7-9/h2-4,7,12H,5-6H2,1H3. The zero-order valence-electron chi connectivity index (χ0n) is 7.00. The molecule has 0 saturated carbocycles. The highest BCUT2D eigenvalue weighted by atomic mass is 35.5. The monoisotopic (exact) mass is 185 g/mol. The third-order valence-electron chi connectivity index (χ3n) is 1.68. The van der Waals surface area contributed by atoms with Gasteiger partial charge in [-0.05, 0) is 18.2 Å². The van der Waals surface area contributed by atoms with E-state index in [0.29, 0.717) is 6.54 Å². The van der Waals surface area contributed by atoms with Crippen molar-refractivity contribution in [2.75, 3.05) is 25.1 Å². The van der Waals surface area contributed by atoms with Gasteiger partial charge in [0.2, 0.25) is 0 Å². The van der Waals surface area contributed by atoms with Crippen molar-refractivity contribution < 1.29 is 5.11 Å². The van der Waals surface area contributed by atoms with Gasteiger partial charge >= 0.3 is 0 Å². The maximum Gasteiger partial charge on any atom is 0.0606 e. The third-order valence-corrected chi connectivity index (χ3v) is 1.92. The minimum absolute atomic E-state index is 0.156. The Labute approximate surface area is 77.4 Å². The lowest BCUT2D eigenvalue weighted by atomic mass is 10.3. The minimum Gasteiger partial charge on any atom is -0.395 e. The fourth-order valence-electron chi connectivity index (χ4n) is 0.993. The zero-order chi connectivity index (χ0) is 8.97. The summed E-state index contributed by atoms with van der Waals surface area (Å²) in [4.78, 5) is 1.95. The lowest BCUT2D eigenvalue weighted by molar-refractivity contribution is 0.304. The first-order valence-corrected chi connectivity index (χ1v) is 4.19. The maximum atomic E-state index is 8.69. The molecule has 0 aromatic heterocycles. The first kappa shape index (κ1) is 9.36. The molecule has 0 fully saturated rings. The molecule has 1 aromatic rings. The van der Waals surface area contributed by atoms with Crippen LogP contribution in [0.4, 0.5) is 5.69 Å². The zero-order valence-corrected chi connectivity index (χ0v) is 7.75. The lowest BCUT2D eigenvalue weighted by Gasteiger charge is -2.17. The summed E-state index contributed by atoms with van der Waals surface area (Å²) < 4.78 is 0. The van der Waals surface area contributed by atoms with E-state index in [1.165, 1.54) is 0 Å². The van der Waals surface area contributed by atoms with Gasteiger partial charge < -0.3 is 10.0 Å². The summed E-state index contributed by atoms with van der Waals surface area (Å²) in [5, 5.41) is 9.41. The highest BCUT2D eigenvalue weighted by molar-refractivity contribution is 6.30. The molecule has 0 spiro atoms. The van der Waals surface area contributed by atoms with E-state index in [-0.39, 0.29) is 6.61 Å². The van der Waals surface area contributed by atoms with Crippen molar-refractivity contribution in [2.45, 2.75) is 0 Å². The predicted molar refractivity (Wildman–Crippen MR) is 51.8 cm³/mol. The summed E-state index contributed by atoms with van der Waals surface area (Å²) in [6, 6.07) is 7.56. The van der Waals surface area contributed by atoms with Crippen LogP contribution in [-0.2, 0) is 0 Å². The van der Waals surface area contributed by atoms with Crippen molar-refractivity contribution in [1.82, 2.24) is 0 Å². The van der Waals surface area contributed by atoms with Crippen LogP contribution in [0.2, 0.25) is 5.02 Å². The molecule has 12 heavy (non-hydrogen) atoms. The van der Waals surface area contributed by atoms with Gasteiger partial charge in [0.1, 0.15) is 0 Å². The van der Waals surface area contributed by atoms with Crippen LogP contribution in [0.5, 0.6) is 0 Å². The van der Waals surface area contributed by atoms with E-state index in [1.54, 1.807) is 0 Å². The second-order valence-corrected chi connectivity index (χ2v) is 3.06. The largest absolute Gasteiger partial charge is 0.395 e. The molecule has 0 radical (unpaired) electrons. The molecule has 0 amide bonds. The smallest absolute Gasteiger partial charge is 0.0606 e. The van der Waals surface area contributed by atoms with Crippen LogP contribution in [0, 0.1) is 0 Å². The van der Waals surface area contributed by atoms with E-state index < -0.39 is 0 Å². The Hall–Kier alpha value is -0.730. The normalized spacial score (nSPS) is 9.92. The van der Waals surface area contributed by atoms with E-state index in [9.17, 15) is 0 Å². The highest BCUT2D eigenvalue weighted by Crippen LogP contribution is 2.17. The van der Waals surface area contributed by atoms with Gasteiger partial charge in [-0.3, -0.25) is 0 Å². The molecule has 0 saturated heterocycles. The summed E-state index contributed by atoms with van der Waals surface area (Å²) in [6.45, 7) is 0.781. The molecule has 66 valence electrons. The molecule has 1 aromatic carbocycles. The van der Waals surface area contributed by atoms with Gasteiger partial charge in [0, 0.05) is 24.3 Å². The van der Waals surface area contributed by atoms with Gasteiger partial charge in [-0.15, -0.1) is 0 Å². The van der Waals surface area contributed by atoms with Gasteiger partial charge in [0.05, 0.1) is 6.61 Å². The summed E-state index contributed by atoms with van der Waals surface area (Å²) >= 11 is 5.80. The SMILES string of the molecule is CN(CCO)c1cccc(Cl)c1. The molecule has 1 rings (SSSR count). The fourth-order valence-corrected chi connectivity index (χ4v) is 1.18. The van der Waals surface area contributed by atoms with Crippen molar-refractivity contribution in [3.8, 4) is 0 Å². The number of benzene rings is 1. The second-order valence-electron chi connectivity index (χ2n) is 2.63. The van der Waals surface area contributed by atoms with Crippen LogP contribution in [0.25, 0.3) is 0 Å². The predicted octanol–water partition coefficient (Wildman–Crippen LogP) is 1.77. The average molecular weight is 186 g/mol. The van der Waals surface area contributed by atoms with Crippen molar-refractivity contribution in [3.05, 3.63) is 29.3 Å². The van der Waals surface area contributed by atoms with Crippen LogP contribution in [-0.4, -0.2) is 25.3 Å². The molecule has 0 atom stereocenters. The number of hydrogen-bond acceptors (Lipinski definition) is 2. The van der Waals surface area contributed by atoms with Gasteiger partial charge in [0.25, 0.3) is 0 Å². The number of halogens is 1. The fraction of sp³-hybridized carbons (Fsp3) is 0.333. The number of aliphatic hydroxyl groups is 1. The molecule has 0 aliphatic heterocycles. The maximum absolute atomic E-state index is 8.69. The van der Waals surface area contributed by atoms with Crippen molar-refractivity contribution in [1.29, 1.82) is 0 Å². The molecule has 0 aliphatic rings. The average Bonchev–Trinajstić information content (AvgIpc) is 2.05. The van der Waals surface area contributed by atoms with Crippen LogP contribution in [0.3, 0.4) is 0 Å². The molecular weight excluding hydrogens is 174 g/mol. The lowest BCUT2D eigenvalue weighted by Crippen LogP contribution is -2.20. The Bertz CT molecular complexity index is 252. The quantitative estimate of drug-likeness (QED) is 0.776. The first-order chi connectivity index (χ1) is 5.74. The molecule has 3 heteroatoms. The number of aliphatic hydroxyl groups excluding tert-OH is 1. The Morgan fingerprint density at radius 1 is 1.50 bits per heavy atom. The van der Waals surface area contributed by atoms with Crippen molar-refractivity contribution in [2.24, 2.45) is 0 Å². The van der Waals surface area contributed by atoms with E-state index >= 15 is 0 Å². The number of rotatable bonds is 3. The van der Waals surface area contributed by atoms with Gasteiger partial charge in [-0.2, -0.15) is 0 Å². The topological polar surface area (TPSA) is 23.5 Å². The molecule has 0 aliphatic carbocycles. The van der Waals surface area contributed by atoms with Gasteiger partial charge in [0.15, 0.2) is 0 Å². The third kappa shape index (κ3) is 2.40. The Morgan fingerprint density at radius 3 is 2.83 bits per heavy atom. The molecule has 2 nitrogen and oxygen atoms in total. The number of anilines is 1. The van der Waals surface area contributed by atoms with E-state index in [1.807, 2.05) is 36.2 Å². The van der Waals surface area contributed by atoms with Crippen molar-refractivity contribution >= 4 is 17.3 Å². The molecule has 0 heterocycles.